The summed E-state index contributed by atoms with van der Waals surface area (Å²) in [5.74, 6) is 0.855. The number of carbonyl (C=O) groups is 1. The highest BCUT2D eigenvalue weighted by atomic mass is 16.7. The largest absolute Gasteiger partial charge is 0.347 e. The molecule has 0 amide bonds. The molecule has 0 aromatic heterocycles. The zero-order valence-electron chi connectivity index (χ0n) is 8.33. The van der Waals surface area contributed by atoms with Crippen molar-refractivity contribution in [2.24, 2.45) is 11.8 Å². The van der Waals surface area contributed by atoms with Crippen molar-refractivity contribution in [3.63, 3.8) is 0 Å². The van der Waals surface area contributed by atoms with Crippen LogP contribution in [0.4, 0.5) is 0 Å². The fourth-order valence-corrected chi connectivity index (χ4v) is 3.36. The number of hydrogen-bond donors (Lipinski definition) is 0. The van der Waals surface area contributed by atoms with Crippen LogP contribution in [-0.2, 0) is 14.3 Å². The molecule has 1 heterocycles. The van der Waals surface area contributed by atoms with Crippen molar-refractivity contribution in [3.05, 3.63) is 0 Å². The van der Waals surface area contributed by atoms with E-state index in [4.69, 9.17) is 9.47 Å². The second kappa shape index (κ2) is 3.04. The fourth-order valence-electron chi connectivity index (χ4n) is 3.36. The summed E-state index contributed by atoms with van der Waals surface area (Å²) in [4.78, 5) is 11.5. The Bertz CT molecular complexity index is 255. The van der Waals surface area contributed by atoms with Crippen molar-refractivity contribution in [1.29, 1.82) is 0 Å². The molecule has 2 aliphatic carbocycles. The molecule has 3 aliphatic rings. The average Bonchev–Trinajstić information content (AvgIpc) is 2.70. The van der Waals surface area contributed by atoms with Crippen molar-refractivity contribution in [2.45, 2.75) is 37.9 Å². The maximum absolute atomic E-state index is 11.5. The minimum absolute atomic E-state index is 0.338. The van der Waals surface area contributed by atoms with Crippen LogP contribution in [0.2, 0.25) is 0 Å². The number of Topliss-reactive ketones (excluding diaryl/α,β-unsaturated/α-hetero) is 1. The number of carbonyl (C=O) groups excluding carboxylic acids is 1. The highest BCUT2D eigenvalue weighted by Gasteiger charge is 2.56. The molecule has 3 fully saturated rings. The fraction of sp³-hybridized carbons (Fsp3) is 0.909. The van der Waals surface area contributed by atoms with Gasteiger partial charge in [-0.05, 0) is 19.3 Å². The van der Waals surface area contributed by atoms with E-state index in [0.29, 0.717) is 37.3 Å². The van der Waals surface area contributed by atoms with Gasteiger partial charge in [-0.2, -0.15) is 0 Å². The van der Waals surface area contributed by atoms with E-state index in [1.807, 2.05) is 0 Å². The molecule has 0 radical (unpaired) electrons. The van der Waals surface area contributed by atoms with Gasteiger partial charge in [0.05, 0.1) is 13.2 Å². The normalized spacial score (nSPS) is 40.4. The molecule has 2 atom stereocenters. The number of hydrogen-bond acceptors (Lipinski definition) is 3. The third kappa shape index (κ3) is 1.09. The minimum Gasteiger partial charge on any atom is -0.347 e. The van der Waals surface area contributed by atoms with Gasteiger partial charge in [-0.3, -0.25) is 4.79 Å². The van der Waals surface area contributed by atoms with Gasteiger partial charge in [-0.25, -0.2) is 0 Å². The van der Waals surface area contributed by atoms with E-state index >= 15 is 0 Å². The third-order valence-electron chi connectivity index (χ3n) is 3.99. The van der Waals surface area contributed by atoms with E-state index in [2.05, 4.69) is 0 Å². The molecule has 1 saturated heterocycles. The molecule has 0 unspecified atom stereocenters. The van der Waals surface area contributed by atoms with E-state index in [9.17, 15) is 4.79 Å². The molecule has 0 N–H and O–H groups in total. The van der Waals surface area contributed by atoms with Crippen LogP contribution in [0.1, 0.15) is 32.1 Å². The third-order valence-corrected chi connectivity index (χ3v) is 3.99. The first-order valence-electron chi connectivity index (χ1n) is 5.61. The standard InChI is InChI=1S/C11H16O3/c12-10-4-3-8-1-2-9(7-10)11(8)13-5-6-14-11/h8-9H,1-7H2/t8-,9+/m1/s1. The van der Waals surface area contributed by atoms with Crippen LogP contribution in [-0.4, -0.2) is 24.8 Å². The van der Waals surface area contributed by atoms with Crippen molar-refractivity contribution < 1.29 is 14.3 Å². The second-order valence-corrected chi connectivity index (χ2v) is 4.67. The Hall–Kier alpha value is -0.410. The first-order chi connectivity index (χ1) is 6.81. The summed E-state index contributed by atoms with van der Waals surface area (Å²) in [7, 11) is 0. The van der Waals surface area contributed by atoms with Gasteiger partial charge in [-0.15, -0.1) is 0 Å². The lowest BCUT2D eigenvalue weighted by Gasteiger charge is -2.32. The van der Waals surface area contributed by atoms with E-state index in [0.717, 1.165) is 19.3 Å². The molecule has 1 aliphatic heterocycles. The molecule has 78 valence electrons. The van der Waals surface area contributed by atoms with Crippen molar-refractivity contribution >= 4 is 5.78 Å². The first-order valence-corrected chi connectivity index (χ1v) is 5.61. The SMILES string of the molecule is O=C1CC[C@H]2CC[C@@H](C1)C21OCCO1. The summed E-state index contributed by atoms with van der Waals surface area (Å²) in [5.41, 5.74) is 0. The molecule has 2 bridgehead atoms. The van der Waals surface area contributed by atoms with Crippen LogP contribution in [0.25, 0.3) is 0 Å². The molecule has 3 rings (SSSR count). The molecule has 2 saturated carbocycles. The topological polar surface area (TPSA) is 35.5 Å². The van der Waals surface area contributed by atoms with Gasteiger partial charge >= 0.3 is 0 Å². The molecule has 3 nitrogen and oxygen atoms in total. The second-order valence-electron chi connectivity index (χ2n) is 4.67. The molecule has 3 heteroatoms. The maximum atomic E-state index is 11.5. The predicted octanol–water partition coefficient (Wildman–Crippen LogP) is 1.51. The highest BCUT2D eigenvalue weighted by molar-refractivity contribution is 5.79. The molecular formula is C11H16O3. The highest BCUT2D eigenvalue weighted by Crippen LogP contribution is 2.51. The molecular weight excluding hydrogens is 180 g/mol. The number of ketones is 1. The smallest absolute Gasteiger partial charge is 0.174 e. The van der Waals surface area contributed by atoms with Crippen LogP contribution in [0.15, 0.2) is 0 Å². The van der Waals surface area contributed by atoms with Gasteiger partial charge in [-0.1, -0.05) is 0 Å². The van der Waals surface area contributed by atoms with Gasteiger partial charge in [0.2, 0.25) is 0 Å². The Balaban J connectivity index is 1.92. The number of ether oxygens (including phenoxy) is 2. The van der Waals surface area contributed by atoms with Crippen molar-refractivity contribution in [1.82, 2.24) is 0 Å². The van der Waals surface area contributed by atoms with Gasteiger partial charge in [0, 0.05) is 24.7 Å². The van der Waals surface area contributed by atoms with Crippen LogP contribution in [0.3, 0.4) is 0 Å². The molecule has 0 aromatic rings. The summed E-state index contributed by atoms with van der Waals surface area (Å²) >= 11 is 0. The van der Waals surface area contributed by atoms with E-state index < -0.39 is 0 Å². The van der Waals surface area contributed by atoms with E-state index in [-0.39, 0.29) is 5.79 Å². The summed E-state index contributed by atoms with van der Waals surface area (Å²) in [5, 5.41) is 0. The van der Waals surface area contributed by atoms with E-state index in [1.165, 1.54) is 6.42 Å². The lowest BCUT2D eigenvalue weighted by molar-refractivity contribution is -0.207. The van der Waals surface area contributed by atoms with Crippen LogP contribution in [0, 0.1) is 11.8 Å². The van der Waals surface area contributed by atoms with Crippen LogP contribution < -0.4 is 0 Å². The zero-order valence-corrected chi connectivity index (χ0v) is 8.33. The average molecular weight is 196 g/mol. The summed E-state index contributed by atoms with van der Waals surface area (Å²) in [6.07, 6.45) is 4.66. The van der Waals surface area contributed by atoms with Gasteiger partial charge in [0.25, 0.3) is 0 Å². The van der Waals surface area contributed by atoms with Crippen LogP contribution in [0.5, 0.6) is 0 Å². The quantitative estimate of drug-likeness (QED) is 0.589. The molecule has 0 aromatic carbocycles. The summed E-state index contributed by atoms with van der Waals surface area (Å²) < 4.78 is 11.6. The summed E-state index contributed by atoms with van der Waals surface area (Å²) in [6.45, 7) is 1.42. The van der Waals surface area contributed by atoms with Gasteiger partial charge in [0.1, 0.15) is 5.78 Å². The van der Waals surface area contributed by atoms with Gasteiger partial charge < -0.3 is 9.47 Å². The molecule has 1 spiro atoms. The number of rotatable bonds is 0. The van der Waals surface area contributed by atoms with Crippen LogP contribution >= 0.6 is 0 Å². The lowest BCUT2D eigenvalue weighted by Crippen LogP contribution is -2.40. The molecule has 14 heavy (non-hydrogen) atoms. The zero-order chi connectivity index (χ0) is 9.60. The first kappa shape index (κ1) is 8.86. The van der Waals surface area contributed by atoms with Crippen molar-refractivity contribution in [3.8, 4) is 0 Å². The Morgan fingerprint density at radius 2 is 1.79 bits per heavy atom. The Kier molecular flexibility index (Phi) is 1.92. The monoisotopic (exact) mass is 196 g/mol. The summed E-state index contributed by atoms with van der Waals surface area (Å²) in [6, 6.07) is 0. The lowest BCUT2D eigenvalue weighted by atomic mass is 9.95. The minimum atomic E-state index is -0.355. The predicted molar refractivity (Wildman–Crippen MR) is 49.7 cm³/mol. The Morgan fingerprint density at radius 3 is 2.57 bits per heavy atom. The van der Waals surface area contributed by atoms with Crippen molar-refractivity contribution in [2.75, 3.05) is 13.2 Å². The maximum Gasteiger partial charge on any atom is 0.174 e. The van der Waals surface area contributed by atoms with Gasteiger partial charge in [0.15, 0.2) is 5.79 Å². The van der Waals surface area contributed by atoms with E-state index in [1.54, 1.807) is 0 Å². The Labute approximate surface area is 83.8 Å². The Morgan fingerprint density at radius 1 is 1.07 bits per heavy atom.